The van der Waals surface area contributed by atoms with Crippen molar-refractivity contribution in [2.75, 3.05) is 18.0 Å². The molecular weight excluding hydrogens is 363 g/mol. The molecule has 1 saturated heterocycles. The Bertz CT molecular complexity index is 1060. The summed E-state index contributed by atoms with van der Waals surface area (Å²) in [6.07, 6.45) is 2.20. The number of aromatic carboxylic acids is 1. The van der Waals surface area contributed by atoms with Gasteiger partial charge in [0.05, 0.1) is 5.39 Å². The van der Waals surface area contributed by atoms with Crippen LogP contribution in [0, 0.1) is 17.2 Å². The first kappa shape index (κ1) is 18.9. The van der Waals surface area contributed by atoms with E-state index in [1.54, 1.807) is 4.57 Å². The van der Waals surface area contributed by atoms with Crippen LogP contribution in [0.2, 0.25) is 0 Å². The van der Waals surface area contributed by atoms with E-state index in [4.69, 9.17) is 5.73 Å². The molecule has 28 heavy (non-hydrogen) atoms. The number of pyridine rings is 2. The molecule has 8 heteroatoms. The van der Waals surface area contributed by atoms with Gasteiger partial charge < -0.3 is 20.3 Å². The van der Waals surface area contributed by atoms with E-state index in [0.717, 1.165) is 12.5 Å². The second kappa shape index (κ2) is 5.76. The zero-order valence-electron chi connectivity index (χ0n) is 16.5. The molecule has 0 radical (unpaired) electrons. The summed E-state index contributed by atoms with van der Waals surface area (Å²) >= 11 is 0. The standard InChI is InChI=1S/C20H25FN4O3/c1-19(2,3)25-7-11(18(27)28)15(26)10-5-13(21)17(23-16(10)25)24-8-12-14(22)6-20(12,4)9-24/h5,7,12,14H,6,8-9,22H2,1-4H3,(H,27,28). The SMILES string of the molecule is CC12CC(N)C1CN(c1nc3c(cc1F)c(=O)c(C(=O)O)cn3C(C)(C)C)C2. The van der Waals surface area contributed by atoms with Crippen LogP contribution in [-0.2, 0) is 5.54 Å². The third-order valence-electron chi connectivity index (χ3n) is 6.25. The number of anilines is 1. The van der Waals surface area contributed by atoms with Gasteiger partial charge in [0.15, 0.2) is 11.6 Å². The van der Waals surface area contributed by atoms with Crippen molar-refractivity contribution < 1.29 is 14.3 Å². The second-order valence-electron chi connectivity index (χ2n) is 9.39. The molecule has 0 aromatic carbocycles. The summed E-state index contributed by atoms with van der Waals surface area (Å²) in [6, 6.07) is 1.24. The monoisotopic (exact) mass is 388 g/mol. The number of hydrogen-bond donors (Lipinski definition) is 2. The summed E-state index contributed by atoms with van der Waals surface area (Å²) in [4.78, 5) is 30.5. The summed E-state index contributed by atoms with van der Waals surface area (Å²) in [5.74, 6) is -1.47. The number of halogens is 1. The molecule has 0 bridgehead atoms. The molecule has 1 saturated carbocycles. The number of nitrogens with zero attached hydrogens (tertiary/aromatic N) is 3. The first-order chi connectivity index (χ1) is 12.9. The molecule has 2 aliphatic rings. The van der Waals surface area contributed by atoms with Crippen LogP contribution in [0.25, 0.3) is 11.0 Å². The van der Waals surface area contributed by atoms with Crippen molar-refractivity contribution in [2.45, 2.75) is 45.7 Å². The number of carboxylic acid groups (broad SMARTS) is 1. The highest BCUT2D eigenvalue weighted by Crippen LogP contribution is 2.51. The van der Waals surface area contributed by atoms with Gasteiger partial charge in [0.2, 0.25) is 5.43 Å². The molecule has 0 spiro atoms. The maximum atomic E-state index is 15.0. The van der Waals surface area contributed by atoms with E-state index in [2.05, 4.69) is 11.9 Å². The number of nitrogens with two attached hydrogens (primary N) is 1. The Kier molecular flexibility index (Phi) is 3.88. The number of rotatable bonds is 2. The molecule has 2 aromatic rings. The van der Waals surface area contributed by atoms with E-state index in [1.807, 2.05) is 25.7 Å². The van der Waals surface area contributed by atoms with E-state index < -0.39 is 28.3 Å². The molecule has 2 fully saturated rings. The van der Waals surface area contributed by atoms with Crippen molar-refractivity contribution in [1.29, 1.82) is 0 Å². The largest absolute Gasteiger partial charge is 0.477 e. The van der Waals surface area contributed by atoms with Crippen LogP contribution in [0.15, 0.2) is 17.1 Å². The maximum Gasteiger partial charge on any atom is 0.341 e. The zero-order valence-corrected chi connectivity index (χ0v) is 16.5. The van der Waals surface area contributed by atoms with Crippen LogP contribution in [0.5, 0.6) is 0 Å². The highest BCUT2D eigenvalue weighted by Gasteiger charge is 2.55. The summed E-state index contributed by atoms with van der Waals surface area (Å²) in [7, 11) is 0. The lowest BCUT2D eigenvalue weighted by Crippen LogP contribution is -2.53. The van der Waals surface area contributed by atoms with Gasteiger partial charge >= 0.3 is 5.97 Å². The normalized spacial score (nSPS) is 27.0. The molecule has 0 amide bonds. The van der Waals surface area contributed by atoms with Gasteiger partial charge in [-0.3, -0.25) is 4.79 Å². The molecular formula is C20H25FN4O3. The molecule has 1 aliphatic carbocycles. The highest BCUT2D eigenvalue weighted by atomic mass is 19.1. The molecule has 1 aliphatic heterocycles. The van der Waals surface area contributed by atoms with Crippen molar-refractivity contribution in [3.8, 4) is 0 Å². The van der Waals surface area contributed by atoms with Crippen molar-refractivity contribution in [3.63, 3.8) is 0 Å². The molecule has 4 rings (SSSR count). The minimum atomic E-state index is -1.34. The van der Waals surface area contributed by atoms with E-state index >= 15 is 0 Å². The topological polar surface area (TPSA) is 101 Å². The van der Waals surface area contributed by atoms with Crippen LogP contribution in [0.4, 0.5) is 10.2 Å². The average molecular weight is 388 g/mol. The van der Waals surface area contributed by atoms with Gasteiger partial charge in [0, 0.05) is 30.9 Å². The van der Waals surface area contributed by atoms with Crippen molar-refractivity contribution in [1.82, 2.24) is 9.55 Å². The molecule has 3 heterocycles. The fourth-order valence-corrected chi connectivity index (χ4v) is 4.73. The summed E-state index contributed by atoms with van der Waals surface area (Å²) in [6.45, 7) is 9.08. The molecule has 2 aromatic heterocycles. The molecule has 3 atom stereocenters. The van der Waals surface area contributed by atoms with Crippen LogP contribution in [-0.4, -0.2) is 39.8 Å². The number of carboxylic acids is 1. The van der Waals surface area contributed by atoms with Gasteiger partial charge in [-0.1, -0.05) is 6.92 Å². The Hall–Kier alpha value is -2.48. The van der Waals surface area contributed by atoms with Crippen LogP contribution in [0.1, 0.15) is 44.5 Å². The summed E-state index contributed by atoms with van der Waals surface area (Å²) in [5, 5.41) is 9.36. The maximum absolute atomic E-state index is 15.0. The molecule has 150 valence electrons. The Morgan fingerprint density at radius 1 is 1.43 bits per heavy atom. The predicted molar refractivity (Wildman–Crippen MR) is 104 cm³/mol. The quantitative estimate of drug-likeness (QED) is 0.818. The van der Waals surface area contributed by atoms with E-state index in [1.165, 1.54) is 6.20 Å². The number of fused-ring (bicyclic) bond motifs is 2. The average Bonchev–Trinajstić information content (AvgIpc) is 2.84. The van der Waals surface area contributed by atoms with Crippen LogP contribution < -0.4 is 16.1 Å². The lowest BCUT2D eigenvalue weighted by Gasteiger charge is -2.46. The van der Waals surface area contributed by atoms with Gasteiger partial charge in [-0.25, -0.2) is 14.2 Å². The first-order valence-corrected chi connectivity index (χ1v) is 9.42. The third-order valence-corrected chi connectivity index (χ3v) is 6.25. The minimum absolute atomic E-state index is 0.0267. The molecule has 7 nitrogen and oxygen atoms in total. The fraction of sp³-hybridized carbons (Fsp3) is 0.550. The van der Waals surface area contributed by atoms with Gasteiger partial charge in [0.1, 0.15) is 11.2 Å². The Balaban J connectivity index is 1.92. The van der Waals surface area contributed by atoms with E-state index in [0.29, 0.717) is 19.0 Å². The van der Waals surface area contributed by atoms with Gasteiger partial charge in [-0.05, 0) is 44.6 Å². The Morgan fingerprint density at radius 2 is 2.11 bits per heavy atom. The second-order valence-corrected chi connectivity index (χ2v) is 9.39. The predicted octanol–water partition coefficient (Wildman–Crippen LogP) is 2.16. The number of hydrogen-bond acceptors (Lipinski definition) is 5. The Morgan fingerprint density at radius 3 is 2.64 bits per heavy atom. The summed E-state index contributed by atoms with van der Waals surface area (Å²) < 4.78 is 16.6. The Labute approximate surface area is 162 Å². The third kappa shape index (κ3) is 2.62. The molecule has 3 unspecified atom stereocenters. The van der Waals surface area contributed by atoms with Crippen LogP contribution >= 0.6 is 0 Å². The highest BCUT2D eigenvalue weighted by molar-refractivity contribution is 5.92. The van der Waals surface area contributed by atoms with Crippen molar-refractivity contribution in [2.24, 2.45) is 17.1 Å². The molecule has 3 N–H and O–H groups in total. The van der Waals surface area contributed by atoms with Crippen molar-refractivity contribution in [3.05, 3.63) is 33.9 Å². The lowest BCUT2D eigenvalue weighted by molar-refractivity contribution is 0.0694. The number of aromatic nitrogens is 2. The fourth-order valence-electron chi connectivity index (χ4n) is 4.73. The smallest absolute Gasteiger partial charge is 0.341 e. The lowest BCUT2D eigenvalue weighted by atomic mass is 9.60. The van der Waals surface area contributed by atoms with Gasteiger partial charge in [0.25, 0.3) is 0 Å². The van der Waals surface area contributed by atoms with E-state index in [-0.39, 0.29) is 28.3 Å². The minimum Gasteiger partial charge on any atom is -0.477 e. The van der Waals surface area contributed by atoms with Crippen LogP contribution in [0.3, 0.4) is 0 Å². The van der Waals surface area contributed by atoms with Crippen molar-refractivity contribution >= 4 is 22.8 Å². The van der Waals surface area contributed by atoms with E-state index in [9.17, 15) is 19.1 Å². The zero-order chi connectivity index (χ0) is 20.6. The van der Waals surface area contributed by atoms with Gasteiger partial charge in [-0.15, -0.1) is 0 Å². The first-order valence-electron chi connectivity index (χ1n) is 9.42. The van der Waals surface area contributed by atoms with Gasteiger partial charge in [-0.2, -0.15) is 0 Å². The number of carbonyl (C=O) groups is 1. The summed E-state index contributed by atoms with van der Waals surface area (Å²) in [5.41, 5.74) is 4.80.